The van der Waals surface area contributed by atoms with Crippen molar-refractivity contribution in [2.24, 2.45) is 5.73 Å². The number of anilines is 1. The van der Waals surface area contributed by atoms with Gasteiger partial charge in [-0.05, 0) is 55.7 Å². The number of hydrogen-bond donors (Lipinski definition) is 2. The number of nitrogen functional groups attached to an aromatic ring is 1. The van der Waals surface area contributed by atoms with E-state index in [1.54, 1.807) is 27.2 Å². The molecule has 4 N–H and O–H groups in total. The van der Waals surface area contributed by atoms with Gasteiger partial charge >= 0.3 is 5.97 Å². The van der Waals surface area contributed by atoms with Crippen LogP contribution in [0.5, 0.6) is 0 Å². The van der Waals surface area contributed by atoms with Crippen LogP contribution in [0.1, 0.15) is 68.3 Å². The molecule has 9 heteroatoms. The number of aldehydes is 1. The van der Waals surface area contributed by atoms with Gasteiger partial charge in [0.05, 0.1) is 12.7 Å². The van der Waals surface area contributed by atoms with Crippen molar-refractivity contribution in [3.05, 3.63) is 23.4 Å². The van der Waals surface area contributed by atoms with Crippen molar-refractivity contribution in [3.8, 4) is 0 Å². The second-order valence-electron chi connectivity index (χ2n) is 6.01. The van der Waals surface area contributed by atoms with Crippen molar-refractivity contribution >= 4 is 35.7 Å². The number of thioether (sulfide) groups is 1. The minimum Gasteiger partial charge on any atom is -0.469 e. The molecule has 1 heterocycles. The Morgan fingerprint density at radius 3 is 2.10 bits per heavy atom. The van der Waals surface area contributed by atoms with Gasteiger partial charge in [-0.15, -0.1) is 0 Å². The molecule has 8 nitrogen and oxygen atoms in total. The van der Waals surface area contributed by atoms with Gasteiger partial charge in [-0.3, -0.25) is 9.59 Å². The van der Waals surface area contributed by atoms with E-state index in [0.29, 0.717) is 24.2 Å². The van der Waals surface area contributed by atoms with E-state index in [1.165, 1.54) is 13.3 Å². The maximum Gasteiger partial charge on any atom is 0.305 e. The molecule has 1 aromatic heterocycles. The predicted octanol–water partition coefficient (Wildman–Crippen LogP) is 3.79. The highest BCUT2D eigenvalue weighted by molar-refractivity contribution is 7.99. The Hall–Kier alpha value is -2.13. The van der Waals surface area contributed by atoms with Crippen LogP contribution in [0, 0.1) is 6.92 Å². The van der Waals surface area contributed by atoms with E-state index >= 15 is 0 Å². The van der Waals surface area contributed by atoms with E-state index in [1.807, 2.05) is 25.6 Å². The monoisotopic (exact) mass is 459 g/mol. The van der Waals surface area contributed by atoms with Crippen LogP contribution in [-0.2, 0) is 19.1 Å². The molecule has 1 rings (SSSR count). The zero-order valence-corrected chi connectivity index (χ0v) is 20.8. The average Bonchev–Trinajstić information content (AvgIpc) is 2.76. The van der Waals surface area contributed by atoms with Crippen LogP contribution in [0.15, 0.2) is 12.3 Å². The third-order valence-corrected chi connectivity index (χ3v) is 4.57. The second kappa shape index (κ2) is 25.9. The lowest BCUT2D eigenvalue weighted by Gasteiger charge is -2.00. The van der Waals surface area contributed by atoms with Gasteiger partial charge in [0.25, 0.3) is 0 Å². The number of hydrogen-bond acceptors (Lipinski definition) is 8. The third-order valence-electron chi connectivity index (χ3n) is 3.41. The summed E-state index contributed by atoms with van der Waals surface area (Å²) in [5, 5.41) is 0. The Labute approximate surface area is 191 Å². The number of rotatable bonds is 11. The number of esters is 1. The van der Waals surface area contributed by atoms with E-state index < -0.39 is 5.91 Å². The van der Waals surface area contributed by atoms with Crippen molar-refractivity contribution in [2.75, 3.05) is 38.6 Å². The minimum absolute atomic E-state index is 0.119. The highest BCUT2D eigenvalue weighted by Gasteiger charge is 2.02. The smallest absolute Gasteiger partial charge is 0.305 e. The number of unbranched alkanes of at least 4 members (excludes halogenated alkanes) is 3. The maximum absolute atomic E-state index is 10.8. The molecule has 0 bridgehead atoms. The Morgan fingerprint density at radius 2 is 1.65 bits per heavy atom. The lowest BCUT2D eigenvalue weighted by Crippen LogP contribution is -2.12. The summed E-state index contributed by atoms with van der Waals surface area (Å²) in [4.78, 5) is 35.2. The molecule has 0 aliphatic carbocycles. The predicted molar refractivity (Wildman–Crippen MR) is 129 cm³/mol. The van der Waals surface area contributed by atoms with Gasteiger partial charge in [0.15, 0.2) is 0 Å². The number of pyridine rings is 1. The molecule has 180 valence electrons. The number of nitrogens with two attached hydrogens (primary N) is 2. The van der Waals surface area contributed by atoms with Crippen LogP contribution in [-0.4, -0.2) is 56.0 Å². The molecule has 0 saturated heterocycles. The molecule has 0 spiro atoms. The van der Waals surface area contributed by atoms with Crippen LogP contribution >= 0.6 is 11.8 Å². The zero-order valence-electron chi connectivity index (χ0n) is 19.9. The van der Waals surface area contributed by atoms with Gasteiger partial charge in [0, 0.05) is 33.3 Å². The Kier molecular flexibility index (Phi) is 28.0. The summed E-state index contributed by atoms with van der Waals surface area (Å²) < 4.78 is 8.79. The fraction of sp³-hybridized carbons (Fsp3) is 0.636. The fourth-order valence-electron chi connectivity index (χ4n) is 1.83. The van der Waals surface area contributed by atoms with Crippen LogP contribution in [0.2, 0.25) is 0 Å². The first kappa shape index (κ1) is 33.5. The molecular formula is C22H41N3O5S. The van der Waals surface area contributed by atoms with Crippen LogP contribution < -0.4 is 11.5 Å². The van der Waals surface area contributed by atoms with E-state index in [9.17, 15) is 14.4 Å². The number of carbonyl (C=O) groups is 3. The number of methoxy groups -OCH3 is 2. The molecule has 0 radical (unpaired) electrons. The summed E-state index contributed by atoms with van der Waals surface area (Å²) in [7, 11) is 4.67. The standard InChI is InChI=1S/C11H20O3S.C7H9N3O.C2H6O.C2H6/c1-14-11(13)7-3-6-10-15-9-5-2-4-8-12;1-4-2-5(7(9)11)3-10-6(4)8;1-3-2;1-2/h8H,2-7,9-10H2,1H3;2-3H,1H3,(H2,8,10)(H2,9,11);1-2H3;1-2H3. The first-order valence-corrected chi connectivity index (χ1v) is 11.5. The topological polar surface area (TPSA) is 135 Å². The lowest BCUT2D eigenvalue weighted by molar-refractivity contribution is -0.140. The highest BCUT2D eigenvalue weighted by Crippen LogP contribution is 2.10. The average molecular weight is 460 g/mol. The van der Waals surface area contributed by atoms with Gasteiger partial charge < -0.3 is 25.7 Å². The molecule has 0 saturated carbocycles. The number of aromatic nitrogens is 1. The van der Waals surface area contributed by atoms with Crippen LogP contribution in [0.25, 0.3) is 0 Å². The van der Waals surface area contributed by atoms with Gasteiger partial charge in [-0.2, -0.15) is 11.8 Å². The zero-order chi connectivity index (χ0) is 24.5. The maximum atomic E-state index is 10.8. The number of carbonyl (C=O) groups excluding carboxylic acids is 3. The largest absolute Gasteiger partial charge is 0.469 e. The van der Waals surface area contributed by atoms with Crippen LogP contribution in [0.3, 0.4) is 0 Å². The van der Waals surface area contributed by atoms with Crippen molar-refractivity contribution in [2.45, 2.75) is 59.3 Å². The van der Waals surface area contributed by atoms with Gasteiger partial charge in [-0.25, -0.2) is 4.98 Å². The van der Waals surface area contributed by atoms with Gasteiger partial charge in [-0.1, -0.05) is 13.8 Å². The summed E-state index contributed by atoms with van der Waals surface area (Å²) >= 11 is 1.89. The van der Waals surface area contributed by atoms with Crippen LogP contribution in [0.4, 0.5) is 5.82 Å². The summed E-state index contributed by atoms with van der Waals surface area (Å²) in [6, 6.07) is 1.62. The second-order valence-corrected chi connectivity index (χ2v) is 7.23. The summed E-state index contributed by atoms with van der Waals surface area (Å²) in [6.45, 7) is 5.77. The Morgan fingerprint density at radius 1 is 1.10 bits per heavy atom. The van der Waals surface area contributed by atoms with Gasteiger partial charge in [0.1, 0.15) is 12.1 Å². The Bertz CT molecular complexity index is 586. The molecule has 0 aliphatic heterocycles. The Balaban J connectivity index is -0.000000429. The molecular weight excluding hydrogens is 418 g/mol. The number of amides is 1. The van der Waals surface area contributed by atoms with Crippen molar-refractivity contribution in [3.63, 3.8) is 0 Å². The fourth-order valence-corrected chi connectivity index (χ4v) is 2.85. The molecule has 1 aromatic rings. The van der Waals surface area contributed by atoms with E-state index in [0.717, 1.165) is 49.0 Å². The number of ether oxygens (including phenoxy) is 2. The van der Waals surface area contributed by atoms with E-state index in [4.69, 9.17) is 11.5 Å². The summed E-state index contributed by atoms with van der Waals surface area (Å²) in [6.07, 6.45) is 7.64. The lowest BCUT2D eigenvalue weighted by atomic mass is 10.2. The van der Waals surface area contributed by atoms with Crippen molar-refractivity contribution in [1.29, 1.82) is 0 Å². The normalized spacial score (nSPS) is 8.97. The summed E-state index contributed by atoms with van der Waals surface area (Å²) in [5.41, 5.74) is 11.6. The quantitative estimate of drug-likeness (QED) is 0.290. The molecule has 0 fully saturated rings. The van der Waals surface area contributed by atoms with Gasteiger partial charge in [0.2, 0.25) is 5.91 Å². The number of aryl methyl sites for hydroxylation is 1. The van der Waals surface area contributed by atoms with Crippen molar-refractivity contribution in [1.82, 2.24) is 4.98 Å². The molecule has 0 aliphatic rings. The first-order chi connectivity index (χ1) is 14.8. The number of primary amides is 1. The molecule has 0 aromatic carbocycles. The molecule has 1 amide bonds. The summed E-state index contributed by atoms with van der Waals surface area (Å²) in [5.74, 6) is 2.03. The third kappa shape index (κ3) is 24.0. The van der Waals surface area contributed by atoms with E-state index in [2.05, 4.69) is 14.5 Å². The SMILES string of the molecule is CC.COC.COC(=O)CCCCSCCCCC=O.Cc1cc(C(N)=O)cnc1N. The molecule has 0 atom stereocenters. The highest BCUT2D eigenvalue weighted by atomic mass is 32.2. The molecule has 0 unspecified atom stereocenters. The van der Waals surface area contributed by atoms with Crippen molar-refractivity contribution < 1.29 is 23.9 Å². The minimum atomic E-state index is -0.486. The first-order valence-electron chi connectivity index (χ1n) is 10.3. The number of nitrogens with zero attached hydrogens (tertiary/aromatic N) is 1. The molecule has 31 heavy (non-hydrogen) atoms. The van der Waals surface area contributed by atoms with E-state index in [-0.39, 0.29) is 5.97 Å².